The predicted molar refractivity (Wildman–Crippen MR) is 47.8 cm³/mol. The summed E-state index contributed by atoms with van der Waals surface area (Å²) in [7, 11) is 0. The van der Waals surface area contributed by atoms with Gasteiger partial charge in [0, 0.05) is 5.92 Å². The maximum absolute atomic E-state index is 4.49. The summed E-state index contributed by atoms with van der Waals surface area (Å²) in [6.45, 7) is 7.45. The molecule has 0 bridgehead atoms. The van der Waals surface area contributed by atoms with Crippen LogP contribution in [0.3, 0.4) is 0 Å². The zero-order chi connectivity index (χ0) is 7.84. The van der Waals surface area contributed by atoms with E-state index in [-0.39, 0.29) is 0 Å². The van der Waals surface area contributed by atoms with Gasteiger partial charge in [0.15, 0.2) is 0 Å². The lowest BCUT2D eigenvalue weighted by Crippen LogP contribution is -2.04. The fourth-order valence-electron chi connectivity index (χ4n) is 1.44. The topological polar surface area (TPSA) is 12.4 Å². The summed E-state index contributed by atoms with van der Waals surface area (Å²) in [4.78, 5) is 4.49. The van der Waals surface area contributed by atoms with Crippen molar-refractivity contribution in [3.8, 4) is 0 Å². The second-order valence-corrected chi connectivity index (χ2v) is 3.01. The largest absolute Gasteiger partial charge is 0.281 e. The Labute approximate surface area is 66.8 Å². The molecular weight excluding hydrogens is 134 g/mol. The normalized spacial score (nSPS) is 33.1. The van der Waals surface area contributed by atoms with Crippen molar-refractivity contribution in [1.29, 1.82) is 0 Å². The van der Waals surface area contributed by atoms with Crippen LogP contribution >= 0.6 is 0 Å². The van der Waals surface area contributed by atoms with Gasteiger partial charge in [-0.3, -0.25) is 4.99 Å². The molecule has 1 aliphatic heterocycles. The van der Waals surface area contributed by atoms with E-state index >= 15 is 0 Å². The number of dihydropyridines is 1. The zero-order valence-electron chi connectivity index (χ0n) is 6.46. The van der Waals surface area contributed by atoms with E-state index in [0.29, 0.717) is 12.0 Å². The van der Waals surface area contributed by atoms with Crippen molar-refractivity contribution in [2.24, 2.45) is 10.9 Å². The quantitative estimate of drug-likeness (QED) is 0.564. The number of rotatable bonds is 2. The van der Waals surface area contributed by atoms with Gasteiger partial charge >= 0.3 is 0 Å². The summed E-state index contributed by atoms with van der Waals surface area (Å²) in [5, 5.41) is 0. The predicted octanol–water partition coefficient (Wildman–Crippen LogP) is 2.13. The molecule has 11 heavy (non-hydrogen) atoms. The number of aliphatic imine (C=N–C) groups is 1. The molecule has 56 valence electrons. The minimum Gasteiger partial charge on any atom is -0.281 e. The van der Waals surface area contributed by atoms with Crippen molar-refractivity contribution >= 4 is 5.71 Å². The zero-order valence-corrected chi connectivity index (χ0v) is 6.46. The van der Waals surface area contributed by atoms with Crippen LogP contribution in [0.15, 0.2) is 42.0 Å². The molecule has 1 nitrogen and oxygen atoms in total. The number of nitrogens with zero attached hydrogens (tertiary/aromatic N) is 1. The fraction of sp³-hybridized carbons (Fsp3) is 0.300. The lowest BCUT2D eigenvalue weighted by atomic mass is 10.1. The van der Waals surface area contributed by atoms with Gasteiger partial charge in [0.2, 0.25) is 0 Å². The first-order valence-corrected chi connectivity index (χ1v) is 3.90. The van der Waals surface area contributed by atoms with Crippen molar-refractivity contribution in [2.45, 2.75) is 12.5 Å². The molecule has 0 aromatic heterocycles. The van der Waals surface area contributed by atoms with Gasteiger partial charge in [0.25, 0.3) is 0 Å². The van der Waals surface area contributed by atoms with Gasteiger partial charge in [-0.1, -0.05) is 25.3 Å². The molecule has 0 amide bonds. The third-order valence-corrected chi connectivity index (χ3v) is 2.21. The Hall–Kier alpha value is -1.11. The first kappa shape index (κ1) is 6.59. The van der Waals surface area contributed by atoms with Crippen LogP contribution in [0.4, 0.5) is 0 Å². The first-order chi connectivity index (χ1) is 5.35. The Kier molecular flexibility index (Phi) is 1.31. The number of hydrogen-bond acceptors (Lipinski definition) is 1. The smallest absolute Gasteiger partial charge is 0.0641 e. The molecule has 1 heteroatoms. The van der Waals surface area contributed by atoms with Crippen LogP contribution < -0.4 is 0 Å². The van der Waals surface area contributed by atoms with E-state index in [1.165, 1.54) is 6.42 Å². The van der Waals surface area contributed by atoms with Crippen LogP contribution in [0.1, 0.15) is 6.42 Å². The SMILES string of the molecule is C=CC1=CC2CC2N=C1C=C. The lowest BCUT2D eigenvalue weighted by Gasteiger charge is -2.06. The highest BCUT2D eigenvalue weighted by atomic mass is 14.9. The van der Waals surface area contributed by atoms with Crippen LogP contribution in [0.2, 0.25) is 0 Å². The Bertz CT molecular complexity index is 243. The molecule has 2 rings (SSSR count). The standard InChI is InChI=1S/C10H11N/c1-3-7-5-8-6-10(8)11-9(7)4-2/h3-5,8,10H,1-2,6H2. The second-order valence-electron chi connectivity index (χ2n) is 3.01. The van der Waals surface area contributed by atoms with E-state index in [1.807, 2.05) is 12.2 Å². The highest BCUT2D eigenvalue weighted by Gasteiger charge is 2.37. The molecule has 2 unspecified atom stereocenters. The third kappa shape index (κ3) is 0.967. The summed E-state index contributed by atoms with van der Waals surface area (Å²) >= 11 is 0. The highest BCUT2D eigenvalue weighted by Crippen LogP contribution is 2.39. The Balaban J connectivity index is 2.34. The number of hydrogen-bond donors (Lipinski definition) is 0. The molecule has 0 spiro atoms. The van der Waals surface area contributed by atoms with Crippen molar-refractivity contribution in [1.82, 2.24) is 0 Å². The van der Waals surface area contributed by atoms with Gasteiger partial charge in [-0.05, 0) is 18.1 Å². The molecule has 0 N–H and O–H groups in total. The number of allylic oxidation sites excluding steroid dienone is 3. The van der Waals surface area contributed by atoms with E-state index in [0.717, 1.165) is 11.3 Å². The van der Waals surface area contributed by atoms with Crippen LogP contribution in [-0.4, -0.2) is 11.8 Å². The van der Waals surface area contributed by atoms with Crippen molar-refractivity contribution in [3.05, 3.63) is 37.0 Å². The molecular formula is C10H11N. The summed E-state index contributed by atoms with van der Waals surface area (Å²) in [5.74, 6) is 0.701. The molecule has 0 aromatic rings. The minimum atomic E-state index is 0.562. The summed E-state index contributed by atoms with van der Waals surface area (Å²) in [5.41, 5.74) is 2.16. The number of fused-ring (bicyclic) bond motifs is 1. The van der Waals surface area contributed by atoms with Crippen molar-refractivity contribution in [3.63, 3.8) is 0 Å². The molecule has 2 aliphatic rings. The van der Waals surface area contributed by atoms with Crippen LogP contribution in [-0.2, 0) is 0 Å². The van der Waals surface area contributed by atoms with Crippen LogP contribution in [0.25, 0.3) is 0 Å². The van der Waals surface area contributed by atoms with Crippen LogP contribution in [0, 0.1) is 5.92 Å². The van der Waals surface area contributed by atoms with E-state index in [9.17, 15) is 0 Å². The second kappa shape index (κ2) is 2.19. The Morgan fingerprint density at radius 1 is 1.45 bits per heavy atom. The van der Waals surface area contributed by atoms with E-state index in [1.54, 1.807) is 0 Å². The van der Waals surface area contributed by atoms with Gasteiger partial charge in [0.05, 0.1) is 11.8 Å². The van der Waals surface area contributed by atoms with Crippen molar-refractivity contribution in [2.75, 3.05) is 0 Å². The molecule has 0 radical (unpaired) electrons. The molecule has 0 saturated heterocycles. The summed E-state index contributed by atoms with van der Waals surface area (Å²) < 4.78 is 0. The van der Waals surface area contributed by atoms with Gasteiger partial charge in [-0.15, -0.1) is 0 Å². The molecule has 1 fully saturated rings. The third-order valence-electron chi connectivity index (χ3n) is 2.21. The Morgan fingerprint density at radius 2 is 2.27 bits per heavy atom. The van der Waals surface area contributed by atoms with Gasteiger partial charge in [-0.2, -0.15) is 0 Å². The molecule has 1 saturated carbocycles. The maximum Gasteiger partial charge on any atom is 0.0641 e. The van der Waals surface area contributed by atoms with Crippen LogP contribution in [0.5, 0.6) is 0 Å². The summed E-state index contributed by atoms with van der Waals surface area (Å²) in [6, 6.07) is 0.562. The van der Waals surface area contributed by atoms with Crippen molar-refractivity contribution < 1.29 is 0 Å². The Morgan fingerprint density at radius 3 is 2.91 bits per heavy atom. The van der Waals surface area contributed by atoms with E-state index in [4.69, 9.17) is 0 Å². The van der Waals surface area contributed by atoms with Gasteiger partial charge < -0.3 is 0 Å². The molecule has 2 atom stereocenters. The summed E-state index contributed by atoms with van der Waals surface area (Å²) in [6.07, 6.45) is 7.13. The average molecular weight is 145 g/mol. The van der Waals surface area contributed by atoms with Gasteiger partial charge in [-0.25, -0.2) is 0 Å². The van der Waals surface area contributed by atoms with Gasteiger partial charge in [0.1, 0.15) is 0 Å². The monoisotopic (exact) mass is 145 g/mol. The molecule has 0 aromatic carbocycles. The van der Waals surface area contributed by atoms with E-state index < -0.39 is 0 Å². The average Bonchev–Trinajstić information content (AvgIpc) is 2.79. The first-order valence-electron chi connectivity index (χ1n) is 3.90. The molecule has 1 heterocycles. The van der Waals surface area contributed by atoms with E-state index in [2.05, 4.69) is 24.2 Å². The maximum atomic E-state index is 4.49. The minimum absolute atomic E-state index is 0.562. The molecule has 1 aliphatic carbocycles. The lowest BCUT2D eigenvalue weighted by molar-refractivity contribution is 0.957. The highest BCUT2D eigenvalue weighted by molar-refractivity contribution is 6.10. The fourth-order valence-corrected chi connectivity index (χ4v) is 1.44.